The van der Waals surface area contributed by atoms with Crippen molar-refractivity contribution in [1.82, 2.24) is 5.32 Å². The van der Waals surface area contributed by atoms with E-state index in [4.69, 9.17) is 4.74 Å². The van der Waals surface area contributed by atoms with Gasteiger partial charge in [-0.25, -0.2) is 0 Å². The Bertz CT molecular complexity index is 164. The molecule has 0 aromatic carbocycles. The minimum Gasteiger partial charge on any atom is -0.378 e. The highest BCUT2D eigenvalue weighted by molar-refractivity contribution is 4.84. The predicted octanol–water partition coefficient (Wildman–Crippen LogP) is 2.44. The summed E-state index contributed by atoms with van der Waals surface area (Å²) in [6.45, 7) is 9.05. The Morgan fingerprint density at radius 1 is 1.50 bits per heavy atom. The molecule has 1 saturated heterocycles. The van der Waals surface area contributed by atoms with Crippen LogP contribution in [0.25, 0.3) is 0 Å². The van der Waals surface area contributed by atoms with Gasteiger partial charge in [-0.15, -0.1) is 0 Å². The van der Waals surface area contributed by atoms with E-state index in [0.29, 0.717) is 17.4 Å². The largest absolute Gasteiger partial charge is 0.378 e. The third-order valence-electron chi connectivity index (χ3n) is 3.69. The fourth-order valence-electron chi connectivity index (χ4n) is 2.24. The van der Waals surface area contributed by atoms with E-state index < -0.39 is 0 Å². The SMILES string of the molecule is CNCC(C)(CC1CCCO1)C(C)C. The Hall–Kier alpha value is -0.0800. The zero-order valence-electron chi connectivity index (χ0n) is 10.1. The number of rotatable bonds is 5. The lowest BCUT2D eigenvalue weighted by Crippen LogP contribution is -2.37. The Kier molecular flexibility index (Phi) is 4.39. The first kappa shape index (κ1) is 12.0. The summed E-state index contributed by atoms with van der Waals surface area (Å²) in [6, 6.07) is 0. The van der Waals surface area contributed by atoms with E-state index in [1.807, 2.05) is 7.05 Å². The molecule has 1 rings (SSSR count). The van der Waals surface area contributed by atoms with Crippen LogP contribution in [-0.4, -0.2) is 26.3 Å². The summed E-state index contributed by atoms with van der Waals surface area (Å²) in [4.78, 5) is 0. The van der Waals surface area contributed by atoms with E-state index in [-0.39, 0.29) is 0 Å². The molecule has 2 atom stereocenters. The standard InChI is InChI=1S/C12H25NO/c1-10(2)12(3,9-13-4)8-11-6-5-7-14-11/h10-11,13H,5-9H2,1-4H3. The zero-order chi connectivity index (χ0) is 10.6. The summed E-state index contributed by atoms with van der Waals surface area (Å²) >= 11 is 0. The summed E-state index contributed by atoms with van der Waals surface area (Å²) in [5, 5.41) is 3.31. The monoisotopic (exact) mass is 199 g/mol. The summed E-state index contributed by atoms with van der Waals surface area (Å²) < 4.78 is 5.72. The predicted molar refractivity (Wildman–Crippen MR) is 60.5 cm³/mol. The first-order valence-corrected chi connectivity index (χ1v) is 5.84. The highest BCUT2D eigenvalue weighted by Crippen LogP contribution is 2.34. The molecule has 1 heterocycles. The molecule has 84 valence electrons. The number of ether oxygens (including phenoxy) is 1. The first-order valence-electron chi connectivity index (χ1n) is 5.84. The minimum absolute atomic E-state index is 0.379. The maximum absolute atomic E-state index is 5.72. The molecule has 2 nitrogen and oxygen atoms in total. The molecule has 0 amide bonds. The highest BCUT2D eigenvalue weighted by atomic mass is 16.5. The molecule has 0 bridgehead atoms. The molecule has 0 aliphatic carbocycles. The highest BCUT2D eigenvalue weighted by Gasteiger charge is 2.32. The summed E-state index contributed by atoms with van der Waals surface area (Å²) in [5.74, 6) is 0.708. The topological polar surface area (TPSA) is 21.3 Å². The molecule has 0 saturated carbocycles. The van der Waals surface area contributed by atoms with Crippen LogP contribution in [0.3, 0.4) is 0 Å². The second-order valence-electron chi connectivity index (χ2n) is 5.18. The summed E-state index contributed by atoms with van der Waals surface area (Å²) in [7, 11) is 2.04. The van der Waals surface area contributed by atoms with Gasteiger partial charge in [0.05, 0.1) is 6.10 Å². The van der Waals surface area contributed by atoms with E-state index >= 15 is 0 Å². The molecule has 0 aromatic heterocycles. The van der Waals surface area contributed by atoms with Crippen molar-refractivity contribution in [2.24, 2.45) is 11.3 Å². The molecule has 2 heteroatoms. The minimum atomic E-state index is 0.379. The summed E-state index contributed by atoms with van der Waals surface area (Å²) in [6.07, 6.45) is 4.21. The summed E-state index contributed by atoms with van der Waals surface area (Å²) in [5.41, 5.74) is 0.379. The molecule has 1 aliphatic heterocycles. The van der Waals surface area contributed by atoms with Crippen molar-refractivity contribution < 1.29 is 4.74 Å². The van der Waals surface area contributed by atoms with Gasteiger partial charge in [0.15, 0.2) is 0 Å². The molecule has 0 radical (unpaired) electrons. The molecule has 0 spiro atoms. The van der Waals surface area contributed by atoms with Gasteiger partial charge < -0.3 is 10.1 Å². The van der Waals surface area contributed by atoms with Crippen LogP contribution in [0.4, 0.5) is 0 Å². The quantitative estimate of drug-likeness (QED) is 0.734. The van der Waals surface area contributed by atoms with E-state index in [0.717, 1.165) is 13.2 Å². The van der Waals surface area contributed by atoms with Crippen LogP contribution in [-0.2, 0) is 4.74 Å². The smallest absolute Gasteiger partial charge is 0.0581 e. The van der Waals surface area contributed by atoms with Crippen LogP contribution in [0.15, 0.2) is 0 Å². The normalized spacial score (nSPS) is 26.8. The maximum Gasteiger partial charge on any atom is 0.0581 e. The van der Waals surface area contributed by atoms with Crippen molar-refractivity contribution in [3.8, 4) is 0 Å². The fourth-order valence-corrected chi connectivity index (χ4v) is 2.24. The van der Waals surface area contributed by atoms with Crippen LogP contribution in [0.5, 0.6) is 0 Å². The Morgan fingerprint density at radius 3 is 2.64 bits per heavy atom. The maximum atomic E-state index is 5.72. The first-order chi connectivity index (χ1) is 6.58. The third-order valence-corrected chi connectivity index (χ3v) is 3.69. The molecular formula is C12H25NO. The van der Waals surface area contributed by atoms with Gasteiger partial charge in [0.1, 0.15) is 0 Å². The van der Waals surface area contributed by atoms with Crippen LogP contribution in [0.2, 0.25) is 0 Å². The third kappa shape index (κ3) is 2.96. The number of nitrogens with one attached hydrogen (secondary N) is 1. The van der Waals surface area contributed by atoms with Gasteiger partial charge >= 0.3 is 0 Å². The zero-order valence-corrected chi connectivity index (χ0v) is 10.1. The molecule has 1 aliphatic rings. The second kappa shape index (κ2) is 5.13. The van der Waals surface area contributed by atoms with Crippen LogP contribution in [0, 0.1) is 11.3 Å². The van der Waals surface area contributed by atoms with Crippen molar-refractivity contribution in [3.05, 3.63) is 0 Å². The van der Waals surface area contributed by atoms with Crippen LogP contribution < -0.4 is 5.32 Å². The number of hydrogen-bond donors (Lipinski definition) is 1. The Labute approximate surface area is 88.4 Å². The van der Waals surface area contributed by atoms with Crippen molar-refractivity contribution in [2.45, 2.75) is 46.1 Å². The average molecular weight is 199 g/mol. The lowest BCUT2D eigenvalue weighted by Gasteiger charge is -2.35. The van der Waals surface area contributed by atoms with E-state index in [1.54, 1.807) is 0 Å². The molecule has 14 heavy (non-hydrogen) atoms. The van der Waals surface area contributed by atoms with Gasteiger partial charge in [-0.3, -0.25) is 0 Å². The van der Waals surface area contributed by atoms with Crippen LogP contribution >= 0.6 is 0 Å². The van der Waals surface area contributed by atoms with Gasteiger partial charge in [-0.05, 0) is 37.6 Å². The lowest BCUT2D eigenvalue weighted by atomic mass is 9.74. The van der Waals surface area contributed by atoms with E-state index in [9.17, 15) is 0 Å². The molecular weight excluding hydrogens is 174 g/mol. The Balaban J connectivity index is 2.48. The molecule has 2 unspecified atom stereocenters. The molecule has 0 aromatic rings. The molecule has 1 fully saturated rings. The van der Waals surface area contributed by atoms with Crippen molar-refractivity contribution >= 4 is 0 Å². The van der Waals surface area contributed by atoms with Gasteiger partial charge in [-0.2, -0.15) is 0 Å². The Morgan fingerprint density at radius 2 is 2.21 bits per heavy atom. The van der Waals surface area contributed by atoms with Gasteiger partial charge in [0.2, 0.25) is 0 Å². The van der Waals surface area contributed by atoms with Crippen molar-refractivity contribution in [3.63, 3.8) is 0 Å². The van der Waals surface area contributed by atoms with Gasteiger partial charge in [0, 0.05) is 13.2 Å². The molecule has 1 N–H and O–H groups in total. The van der Waals surface area contributed by atoms with Crippen LogP contribution in [0.1, 0.15) is 40.0 Å². The van der Waals surface area contributed by atoms with E-state index in [1.165, 1.54) is 19.3 Å². The van der Waals surface area contributed by atoms with Crippen molar-refractivity contribution in [1.29, 1.82) is 0 Å². The van der Waals surface area contributed by atoms with Gasteiger partial charge in [-0.1, -0.05) is 20.8 Å². The lowest BCUT2D eigenvalue weighted by molar-refractivity contribution is 0.0489. The second-order valence-corrected chi connectivity index (χ2v) is 5.18. The number of hydrogen-bond acceptors (Lipinski definition) is 2. The van der Waals surface area contributed by atoms with E-state index in [2.05, 4.69) is 26.1 Å². The van der Waals surface area contributed by atoms with Crippen molar-refractivity contribution in [2.75, 3.05) is 20.2 Å². The van der Waals surface area contributed by atoms with Gasteiger partial charge in [0.25, 0.3) is 0 Å². The fraction of sp³-hybridized carbons (Fsp3) is 1.00. The average Bonchev–Trinajstić information content (AvgIpc) is 2.56.